The van der Waals surface area contributed by atoms with Crippen LogP contribution in [0.1, 0.15) is 23.2 Å². The first-order chi connectivity index (χ1) is 10.2. The van der Waals surface area contributed by atoms with Crippen molar-refractivity contribution in [3.8, 4) is 0 Å². The van der Waals surface area contributed by atoms with E-state index in [1.165, 1.54) is 6.07 Å². The van der Waals surface area contributed by atoms with E-state index >= 15 is 0 Å². The minimum Gasteiger partial charge on any atom is -0.338 e. The lowest BCUT2D eigenvalue weighted by atomic mass is 9.96. The Bertz CT molecular complexity index is 671. The van der Waals surface area contributed by atoms with Crippen molar-refractivity contribution in [2.45, 2.75) is 12.8 Å². The largest absolute Gasteiger partial charge is 0.338 e. The molecule has 0 bridgehead atoms. The lowest BCUT2D eigenvalue weighted by Crippen LogP contribution is -2.42. The van der Waals surface area contributed by atoms with E-state index in [2.05, 4.69) is 0 Å². The molecule has 0 saturated carbocycles. The van der Waals surface area contributed by atoms with E-state index in [0.717, 1.165) is 19.4 Å². The second kappa shape index (κ2) is 5.82. The van der Waals surface area contributed by atoms with Gasteiger partial charge in [0.25, 0.3) is 5.91 Å². The predicted octanol–water partition coefficient (Wildman–Crippen LogP) is 2.79. The maximum atomic E-state index is 13.8. The van der Waals surface area contributed by atoms with Crippen molar-refractivity contribution in [2.24, 2.45) is 11.7 Å². The topological polar surface area (TPSA) is 46.3 Å². The molecule has 1 aliphatic rings. The van der Waals surface area contributed by atoms with Gasteiger partial charge >= 0.3 is 0 Å². The fraction of sp³-hybridized carbons (Fsp3) is 0.353. The minimum atomic E-state index is -0.291. The van der Waals surface area contributed by atoms with Crippen LogP contribution in [0.3, 0.4) is 0 Å². The van der Waals surface area contributed by atoms with Crippen LogP contribution >= 0.6 is 0 Å². The van der Waals surface area contributed by atoms with E-state index < -0.39 is 0 Å². The van der Waals surface area contributed by atoms with E-state index in [-0.39, 0.29) is 11.7 Å². The predicted molar refractivity (Wildman–Crippen MR) is 81.6 cm³/mol. The lowest BCUT2D eigenvalue weighted by molar-refractivity contribution is 0.0680. The zero-order chi connectivity index (χ0) is 14.8. The lowest BCUT2D eigenvalue weighted by Gasteiger charge is -2.32. The summed E-state index contributed by atoms with van der Waals surface area (Å²) in [5.41, 5.74) is 6.30. The average Bonchev–Trinajstić information content (AvgIpc) is 2.55. The van der Waals surface area contributed by atoms with Gasteiger partial charge in [0.1, 0.15) is 5.82 Å². The van der Waals surface area contributed by atoms with Crippen molar-refractivity contribution in [2.75, 3.05) is 19.6 Å². The monoisotopic (exact) mass is 286 g/mol. The molecule has 4 heteroatoms. The molecule has 1 saturated heterocycles. The Balaban J connectivity index is 1.96. The Morgan fingerprint density at radius 1 is 1.24 bits per heavy atom. The molecule has 21 heavy (non-hydrogen) atoms. The van der Waals surface area contributed by atoms with Gasteiger partial charge in [0.05, 0.1) is 0 Å². The molecule has 1 fully saturated rings. The zero-order valence-corrected chi connectivity index (χ0v) is 11.9. The van der Waals surface area contributed by atoms with Gasteiger partial charge in [-0.15, -0.1) is 0 Å². The number of rotatable bonds is 2. The van der Waals surface area contributed by atoms with Crippen molar-refractivity contribution >= 4 is 16.7 Å². The highest BCUT2D eigenvalue weighted by Crippen LogP contribution is 2.25. The molecule has 1 amide bonds. The number of carbonyl (C=O) groups is 1. The standard InChI is InChI=1S/C17H19FN2O/c18-16-8-7-15(13-5-1-2-6-14(13)16)17(21)20-9-3-4-12(10-19)11-20/h1-2,5-8,12H,3-4,9-11,19H2. The Kier molecular flexibility index (Phi) is 3.88. The molecule has 1 aliphatic heterocycles. The van der Waals surface area contributed by atoms with Crippen LogP contribution in [-0.4, -0.2) is 30.4 Å². The summed E-state index contributed by atoms with van der Waals surface area (Å²) in [5, 5.41) is 1.17. The first-order valence-corrected chi connectivity index (χ1v) is 7.37. The van der Waals surface area contributed by atoms with E-state index in [0.29, 0.717) is 35.3 Å². The van der Waals surface area contributed by atoms with Gasteiger partial charge in [-0.05, 0) is 42.8 Å². The molecular weight excluding hydrogens is 267 g/mol. The number of halogens is 1. The van der Waals surface area contributed by atoms with E-state index in [1.54, 1.807) is 24.3 Å². The van der Waals surface area contributed by atoms with Crippen molar-refractivity contribution in [3.05, 3.63) is 47.8 Å². The molecule has 3 rings (SSSR count). The summed E-state index contributed by atoms with van der Waals surface area (Å²) in [6, 6.07) is 10.1. The Labute approximate surface area is 123 Å². The fourth-order valence-corrected chi connectivity index (χ4v) is 3.06. The van der Waals surface area contributed by atoms with Gasteiger partial charge in [-0.1, -0.05) is 24.3 Å². The molecule has 0 spiro atoms. The highest BCUT2D eigenvalue weighted by molar-refractivity contribution is 6.07. The summed E-state index contributed by atoms with van der Waals surface area (Å²) in [6.07, 6.45) is 2.05. The van der Waals surface area contributed by atoms with Crippen LogP contribution in [0, 0.1) is 11.7 Å². The molecule has 1 atom stereocenters. The molecule has 0 radical (unpaired) electrons. The minimum absolute atomic E-state index is 0.0237. The number of amides is 1. The molecule has 110 valence electrons. The van der Waals surface area contributed by atoms with Gasteiger partial charge in [-0.2, -0.15) is 0 Å². The summed E-state index contributed by atoms with van der Waals surface area (Å²) in [5.74, 6) is 0.0550. The number of benzene rings is 2. The van der Waals surface area contributed by atoms with Crippen LogP contribution in [0.25, 0.3) is 10.8 Å². The van der Waals surface area contributed by atoms with Crippen LogP contribution in [0.2, 0.25) is 0 Å². The van der Waals surface area contributed by atoms with Gasteiger partial charge in [0, 0.05) is 24.0 Å². The van der Waals surface area contributed by atoms with Crippen LogP contribution in [0.5, 0.6) is 0 Å². The molecule has 3 nitrogen and oxygen atoms in total. The highest BCUT2D eigenvalue weighted by atomic mass is 19.1. The molecule has 1 heterocycles. The zero-order valence-electron chi connectivity index (χ0n) is 11.9. The Morgan fingerprint density at radius 3 is 2.76 bits per heavy atom. The number of likely N-dealkylation sites (tertiary alicyclic amines) is 1. The van der Waals surface area contributed by atoms with Crippen LogP contribution in [0.15, 0.2) is 36.4 Å². The molecule has 0 aliphatic carbocycles. The first kappa shape index (κ1) is 14.0. The second-order valence-electron chi connectivity index (χ2n) is 5.64. The third-order valence-corrected chi connectivity index (χ3v) is 4.24. The van der Waals surface area contributed by atoms with Crippen LogP contribution < -0.4 is 5.73 Å². The van der Waals surface area contributed by atoms with Crippen molar-refractivity contribution < 1.29 is 9.18 Å². The van der Waals surface area contributed by atoms with E-state index in [4.69, 9.17) is 5.73 Å². The molecule has 0 aromatic heterocycles. The third kappa shape index (κ3) is 2.63. The average molecular weight is 286 g/mol. The molecule has 2 aromatic carbocycles. The maximum Gasteiger partial charge on any atom is 0.254 e. The van der Waals surface area contributed by atoms with Gasteiger partial charge in [0.2, 0.25) is 0 Å². The molecule has 2 aromatic rings. The molecule has 2 N–H and O–H groups in total. The van der Waals surface area contributed by atoms with Gasteiger partial charge in [-0.25, -0.2) is 4.39 Å². The Hall–Kier alpha value is -1.94. The first-order valence-electron chi connectivity index (χ1n) is 7.37. The maximum absolute atomic E-state index is 13.8. The van der Waals surface area contributed by atoms with Crippen molar-refractivity contribution in [3.63, 3.8) is 0 Å². The van der Waals surface area contributed by atoms with Gasteiger partial charge < -0.3 is 10.6 Å². The van der Waals surface area contributed by atoms with Gasteiger partial charge in [-0.3, -0.25) is 4.79 Å². The number of nitrogens with zero attached hydrogens (tertiary/aromatic N) is 1. The van der Waals surface area contributed by atoms with Crippen LogP contribution in [-0.2, 0) is 0 Å². The summed E-state index contributed by atoms with van der Waals surface area (Å²) in [6.45, 7) is 2.05. The summed E-state index contributed by atoms with van der Waals surface area (Å²) >= 11 is 0. The van der Waals surface area contributed by atoms with Crippen LogP contribution in [0.4, 0.5) is 4.39 Å². The van der Waals surface area contributed by atoms with Gasteiger partial charge in [0.15, 0.2) is 0 Å². The van der Waals surface area contributed by atoms with Crippen molar-refractivity contribution in [1.29, 1.82) is 0 Å². The number of hydrogen-bond donors (Lipinski definition) is 1. The number of carbonyl (C=O) groups excluding carboxylic acids is 1. The highest BCUT2D eigenvalue weighted by Gasteiger charge is 2.25. The summed E-state index contributed by atoms with van der Waals surface area (Å²) < 4.78 is 13.8. The molecule has 1 unspecified atom stereocenters. The summed E-state index contributed by atoms with van der Waals surface area (Å²) in [7, 11) is 0. The van der Waals surface area contributed by atoms with E-state index in [9.17, 15) is 9.18 Å². The Morgan fingerprint density at radius 2 is 2.00 bits per heavy atom. The molecular formula is C17H19FN2O. The number of hydrogen-bond acceptors (Lipinski definition) is 2. The SMILES string of the molecule is NCC1CCCN(C(=O)c2ccc(F)c3ccccc23)C1. The number of piperidine rings is 1. The number of nitrogens with two attached hydrogens (primary N) is 1. The second-order valence-corrected chi connectivity index (χ2v) is 5.64. The quantitative estimate of drug-likeness (QED) is 0.922. The summed E-state index contributed by atoms with van der Waals surface area (Å²) in [4.78, 5) is 14.6. The normalized spacial score (nSPS) is 19.0. The third-order valence-electron chi connectivity index (χ3n) is 4.24. The van der Waals surface area contributed by atoms with Crippen molar-refractivity contribution in [1.82, 2.24) is 4.90 Å². The van der Waals surface area contributed by atoms with E-state index in [1.807, 2.05) is 11.0 Å². The fourth-order valence-electron chi connectivity index (χ4n) is 3.06. The smallest absolute Gasteiger partial charge is 0.254 e. The number of fused-ring (bicyclic) bond motifs is 1.